The van der Waals surface area contributed by atoms with Crippen molar-refractivity contribution in [3.8, 4) is 22.3 Å². The first kappa shape index (κ1) is 27.7. The first-order valence-electron chi connectivity index (χ1n) is 12.8. The summed E-state index contributed by atoms with van der Waals surface area (Å²) in [6, 6.07) is 23.3. The predicted octanol–water partition coefficient (Wildman–Crippen LogP) is 12.4. The van der Waals surface area contributed by atoms with Crippen LogP contribution < -0.4 is 0 Å². The monoisotopic (exact) mass is 944 g/mol. The average Bonchev–Trinajstić information content (AvgIpc) is 3.31. The van der Waals surface area contributed by atoms with Crippen molar-refractivity contribution in [2.45, 2.75) is 52.4 Å². The van der Waals surface area contributed by atoms with Crippen LogP contribution in [-0.2, 0) is 10.8 Å². The van der Waals surface area contributed by atoms with Crippen molar-refractivity contribution in [3.63, 3.8) is 0 Å². The Morgan fingerprint density at radius 2 is 0.816 bits per heavy atom. The van der Waals surface area contributed by atoms with Crippen LogP contribution in [0.3, 0.4) is 0 Å². The van der Waals surface area contributed by atoms with Crippen molar-refractivity contribution in [2.75, 3.05) is 0 Å². The molecule has 0 aliphatic heterocycles. The van der Waals surface area contributed by atoms with Gasteiger partial charge >= 0.3 is 0 Å². The average molecular weight is 944 g/mol. The zero-order chi connectivity index (χ0) is 27.3. The van der Waals surface area contributed by atoms with Gasteiger partial charge in [0.2, 0.25) is 0 Å². The predicted molar refractivity (Wildman–Crippen MR) is 200 cm³/mol. The number of hydrogen-bond acceptors (Lipinski definition) is 0. The van der Waals surface area contributed by atoms with Gasteiger partial charge in [-0.15, -0.1) is 0 Å². The van der Waals surface area contributed by atoms with Crippen LogP contribution in [0.2, 0.25) is 0 Å². The number of fused-ring (bicyclic) bond motifs is 9. The van der Waals surface area contributed by atoms with Crippen molar-refractivity contribution in [1.82, 2.24) is 0 Å². The molecule has 0 nitrogen and oxygen atoms in total. The summed E-state index contributed by atoms with van der Waals surface area (Å²) in [4.78, 5) is 0. The normalized spacial score (nSPS) is 13.0. The van der Waals surface area contributed by atoms with Crippen LogP contribution in [0.15, 0.2) is 60.7 Å². The molecule has 3 aliphatic rings. The van der Waals surface area contributed by atoms with Crippen LogP contribution in [0, 0.1) is 14.3 Å². The van der Waals surface area contributed by atoms with Gasteiger partial charge in [-0.2, -0.15) is 0 Å². The zero-order valence-corrected chi connectivity index (χ0v) is 30.9. The van der Waals surface area contributed by atoms with Crippen molar-refractivity contribution in [1.29, 1.82) is 0 Å². The number of halogens is 4. The first-order chi connectivity index (χ1) is 17.8. The summed E-state index contributed by atoms with van der Waals surface area (Å²) in [5.74, 6) is 0. The fraction of sp³-hybridized carbons (Fsp3) is 0.235. The summed E-state index contributed by atoms with van der Waals surface area (Å²) in [7, 11) is 0. The lowest BCUT2D eigenvalue weighted by Gasteiger charge is -2.21. The van der Waals surface area contributed by atoms with E-state index in [1.54, 1.807) is 0 Å². The maximum Gasteiger partial charge on any atom is 0.0359 e. The third-order valence-corrected chi connectivity index (χ3v) is 13.3. The van der Waals surface area contributed by atoms with Crippen LogP contribution in [-0.4, -0.2) is 0 Å². The molecule has 0 saturated heterocycles. The van der Waals surface area contributed by atoms with Gasteiger partial charge in [-0.1, -0.05) is 90.1 Å². The zero-order valence-electron chi connectivity index (χ0n) is 22.3. The fourth-order valence-electron chi connectivity index (χ4n) is 5.68. The first-order valence-corrected chi connectivity index (χ1v) is 17.1. The van der Waals surface area contributed by atoms with E-state index < -0.39 is 0 Å². The maximum absolute atomic E-state index is 2.63. The highest BCUT2D eigenvalue weighted by atomic mass is 127. The van der Waals surface area contributed by atoms with E-state index in [9.17, 15) is 0 Å². The molecule has 0 amide bonds. The Balaban J connectivity index is 1.94. The van der Waals surface area contributed by atoms with E-state index in [0.29, 0.717) is 0 Å². The van der Waals surface area contributed by atoms with E-state index in [-0.39, 0.29) is 10.8 Å². The van der Waals surface area contributed by atoms with Crippen LogP contribution in [0.4, 0.5) is 0 Å². The van der Waals surface area contributed by atoms with E-state index in [2.05, 4.69) is 193 Å². The third kappa shape index (κ3) is 4.19. The Hall–Kier alpha value is -0.460. The minimum atomic E-state index is 0.0877. The molecule has 0 heterocycles. The van der Waals surface area contributed by atoms with Gasteiger partial charge in [0, 0.05) is 31.0 Å². The van der Waals surface area contributed by atoms with Gasteiger partial charge in [0.15, 0.2) is 0 Å². The van der Waals surface area contributed by atoms with E-state index in [1.165, 1.54) is 80.0 Å². The summed E-state index contributed by atoms with van der Waals surface area (Å²) >= 11 is 10.5. The molecule has 0 bridgehead atoms. The summed E-state index contributed by atoms with van der Waals surface area (Å²) in [5.41, 5.74) is 8.50. The summed E-state index contributed by atoms with van der Waals surface area (Å²) in [6.07, 6.45) is 0. The maximum atomic E-state index is 2.63. The molecule has 3 aromatic rings. The van der Waals surface area contributed by atoms with Gasteiger partial charge < -0.3 is 0 Å². The number of rotatable bonds is 0. The minimum absolute atomic E-state index is 0.0877. The SMILES string of the molecule is CC(C)(C)c1ccc2c3c(I)c4ccccc4c-3c3c4ccc(C(C)(C)C)cc4c(I)c-3c(I)c(I)c2c1. The van der Waals surface area contributed by atoms with Gasteiger partial charge in [-0.05, 0) is 162 Å². The molecule has 0 spiro atoms. The Morgan fingerprint density at radius 1 is 0.395 bits per heavy atom. The highest BCUT2D eigenvalue weighted by Crippen LogP contribution is 2.54. The Bertz CT molecular complexity index is 1870. The van der Waals surface area contributed by atoms with Crippen molar-refractivity contribution in [2.24, 2.45) is 0 Å². The molecule has 0 saturated carbocycles. The number of benzene rings is 3. The summed E-state index contributed by atoms with van der Waals surface area (Å²) in [5, 5.41) is 8.11. The second kappa shape index (κ2) is 9.54. The molecule has 0 unspecified atom stereocenters. The summed E-state index contributed by atoms with van der Waals surface area (Å²) in [6.45, 7) is 13.8. The molecule has 0 radical (unpaired) electrons. The fourth-order valence-corrected chi connectivity index (χ4v) is 9.76. The highest BCUT2D eigenvalue weighted by molar-refractivity contribution is 14.1. The van der Waals surface area contributed by atoms with E-state index >= 15 is 0 Å². The standard InChI is InChI=1S/C34H28I4/c1-33(2,3)17-11-13-20-23(15-17)30(36)28-26(20)25-19-9-7-8-10-22(19)29(35)27(25)21-14-12-18(34(4,5)6)16-24(21)31(37)32(28)38/h7-16H,1-6H3. The van der Waals surface area contributed by atoms with Crippen molar-refractivity contribution in [3.05, 3.63) is 86.1 Å². The Morgan fingerprint density at radius 3 is 1.37 bits per heavy atom. The van der Waals surface area contributed by atoms with Crippen molar-refractivity contribution >= 4 is 123 Å². The van der Waals surface area contributed by atoms with Gasteiger partial charge in [0.25, 0.3) is 0 Å². The summed E-state index contributed by atoms with van der Waals surface area (Å²) < 4.78 is 5.38. The molecular weight excluding hydrogens is 916 g/mol. The van der Waals surface area contributed by atoms with Gasteiger partial charge in [0.05, 0.1) is 0 Å². The van der Waals surface area contributed by atoms with Crippen LogP contribution in [0.25, 0.3) is 54.6 Å². The molecule has 0 aromatic heterocycles. The van der Waals surface area contributed by atoms with Crippen LogP contribution in [0.1, 0.15) is 52.7 Å². The van der Waals surface area contributed by atoms with E-state index in [1.807, 2.05) is 0 Å². The van der Waals surface area contributed by atoms with Gasteiger partial charge in [-0.25, -0.2) is 0 Å². The minimum Gasteiger partial charge on any atom is -0.0616 e. The second-order valence-corrected chi connectivity index (χ2v) is 16.6. The smallest absolute Gasteiger partial charge is 0.0359 e. The van der Waals surface area contributed by atoms with Crippen LogP contribution >= 0.6 is 90.4 Å². The van der Waals surface area contributed by atoms with Crippen molar-refractivity contribution < 1.29 is 0 Å². The van der Waals surface area contributed by atoms with Gasteiger partial charge in [0.1, 0.15) is 0 Å². The molecular formula is C34H28I4. The lowest BCUT2D eigenvalue weighted by atomic mass is 9.84. The second-order valence-electron chi connectivity index (χ2n) is 12.3. The molecule has 192 valence electrons. The van der Waals surface area contributed by atoms with E-state index in [0.717, 1.165) is 0 Å². The lowest BCUT2D eigenvalue weighted by molar-refractivity contribution is 0.591. The molecule has 4 heteroatoms. The quantitative estimate of drug-likeness (QED) is 0.133. The number of hydrogen-bond donors (Lipinski definition) is 0. The third-order valence-electron chi connectivity index (χ3n) is 7.82. The molecule has 3 aliphatic carbocycles. The van der Waals surface area contributed by atoms with Gasteiger partial charge in [-0.3, -0.25) is 0 Å². The molecule has 0 atom stereocenters. The Labute approximate surface area is 280 Å². The molecule has 6 rings (SSSR count). The largest absolute Gasteiger partial charge is 0.0616 e. The van der Waals surface area contributed by atoms with Crippen LogP contribution in [0.5, 0.6) is 0 Å². The molecule has 3 aromatic carbocycles. The van der Waals surface area contributed by atoms with E-state index in [4.69, 9.17) is 0 Å². The molecule has 38 heavy (non-hydrogen) atoms. The Kier molecular flexibility index (Phi) is 6.96. The highest BCUT2D eigenvalue weighted by Gasteiger charge is 2.30. The molecule has 0 fully saturated rings. The lowest BCUT2D eigenvalue weighted by Crippen LogP contribution is -2.10. The molecule has 0 N–H and O–H groups in total. The topological polar surface area (TPSA) is 0 Å².